The Morgan fingerprint density at radius 1 is 1.03 bits per heavy atom. The average molecular weight is 492 g/mol. The van der Waals surface area contributed by atoms with Gasteiger partial charge in [-0.25, -0.2) is 9.78 Å². The van der Waals surface area contributed by atoms with E-state index in [1.807, 2.05) is 42.5 Å². The second-order valence-corrected chi connectivity index (χ2v) is 8.60. The lowest BCUT2D eigenvalue weighted by Crippen LogP contribution is -2.03. The highest BCUT2D eigenvalue weighted by Crippen LogP contribution is 2.37. The van der Waals surface area contributed by atoms with E-state index in [9.17, 15) is 9.90 Å². The van der Waals surface area contributed by atoms with Gasteiger partial charge in [0.05, 0.1) is 21.2 Å². The molecule has 0 atom stereocenters. The summed E-state index contributed by atoms with van der Waals surface area (Å²) in [6.45, 7) is 0. The molecule has 152 valence electrons. The lowest BCUT2D eigenvalue weighted by atomic mass is 10.1. The Labute approximate surface area is 189 Å². The van der Waals surface area contributed by atoms with Crippen LogP contribution in [0.5, 0.6) is 0 Å². The minimum atomic E-state index is -0.976. The van der Waals surface area contributed by atoms with Crippen molar-refractivity contribution in [3.05, 3.63) is 76.3 Å². The first-order valence-electron chi connectivity index (χ1n) is 9.21. The normalized spacial score (nSPS) is 11.1. The number of nitrogens with zero attached hydrogens (tertiary/aromatic N) is 4. The maximum absolute atomic E-state index is 11.3. The zero-order valence-electron chi connectivity index (χ0n) is 15.9. The summed E-state index contributed by atoms with van der Waals surface area (Å²) >= 11 is 4.62. The van der Waals surface area contributed by atoms with Crippen molar-refractivity contribution in [1.82, 2.24) is 19.6 Å². The number of thiophene rings is 1. The number of halogens is 1. The monoisotopic (exact) mass is 491 g/mol. The SMILES string of the molecule is Nc1c(Br)c(-c2ccc(C(=O)O)s2)nc2c(-c3ccc(-c4ccccc4)nc3)cnn12. The largest absolute Gasteiger partial charge is 0.477 e. The maximum atomic E-state index is 11.3. The van der Waals surface area contributed by atoms with Crippen LogP contribution in [-0.2, 0) is 0 Å². The number of benzene rings is 1. The van der Waals surface area contributed by atoms with Gasteiger partial charge in [0.15, 0.2) is 5.65 Å². The Morgan fingerprint density at radius 2 is 1.84 bits per heavy atom. The van der Waals surface area contributed by atoms with Crippen LogP contribution in [0, 0.1) is 0 Å². The van der Waals surface area contributed by atoms with Gasteiger partial charge in [-0.3, -0.25) is 4.98 Å². The number of hydrogen-bond acceptors (Lipinski definition) is 6. The Hall–Kier alpha value is -3.56. The molecule has 0 unspecified atom stereocenters. The molecular weight excluding hydrogens is 478 g/mol. The van der Waals surface area contributed by atoms with Crippen molar-refractivity contribution in [2.45, 2.75) is 0 Å². The topological polar surface area (TPSA) is 106 Å². The van der Waals surface area contributed by atoms with Gasteiger partial charge >= 0.3 is 5.97 Å². The lowest BCUT2D eigenvalue weighted by Gasteiger charge is -2.08. The van der Waals surface area contributed by atoms with Crippen molar-refractivity contribution in [2.75, 3.05) is 5.73 Å². The summed E-state index contributed by atoms with van der Waals surface area (Å²) in [5, 5.41) is 13.6. The third-order valence-corrected chi connectivity index (χ3v) is 6.68. The molecule has 9 heteroatoms. The number of fused-ring (bicyclic) bond motifs is 1. The maximum Gasteiger partial charge on any atom is 0.345 e. The van der Waals surface area contributed by atoms with Gasteiger partial charge in [-0.1, -0.05) is 36.4 Å². The molecule has 0 bridgehead atoms. The van der Waals surface area contributed by atoms with Crippen LogP contribution >= 0.6 is 27.3 Å². The summed E-state index contributed by atoms with van der Waals surface area (Å²) in [7, 11) is 0. The van der Waals surface area contributed by atoms with Crippen LogP contribution < -0.4 is 5.73 Å². The second kappa shape index (κ2) is 7.60. The van der Waals surface area contributed by atoms with E-state index >= 15 is 0 Å². The van der Waals surface area contributed by atoms with E-state index in [1.165, 1.54) is 0 Å². The second-order valence-electron chi connectivity index (χ2n) is 6.72. The third-order valence-electron chi connectivity index (χ3n) is 4.82. The number of nitrogens with two attached hydrogens (primary N) is 1. The van der Waals surface area contributed by atoms with Gasteiger partial charge in [0.1, 0.15) is 16.4 Å². The molecule has 31 heavy (non-hydrogen) atoms. The van der Waals surface area contributed by atoms with Gasteiger partial charge in [-0.05, 0) is 34.1 Å². The Balaban J connectivity index is 1.62. The van der Waals surface area contributed by atoms with Crippen LogP contribution in [-0.4, -0.2) is 30.7 Å². The number of aromatic carboxylic acids is 1. The number of carboxylic acid groups (broad SMARTS) is 1. The van der Waals surface area contributed by atoms with Crippen LogP contribution in [0.1, 0.15) is 9.67 Å². The Kier molecular flexibility index (Phi) is 4.76. The third kappa shape index (κ3) is 3.37. The van der Waals surface area contributed by atoms with Crippen LogP contribution in [0.2, 0.25) is 0 Å². The molecule has 4 aromatic heterocycles. The molecule has 0 radical (unpaired) electrons. The van der Waals surface area contributed by atoms with Crippen LogP contribution in [0.25, 0.3) is 38.6 Å². The molecule has 0 aliphatic carbocycles. The van der Waals surface area contributed by atoms with Crippen molar-refractivity contribution in [3.63, 3.8) is 0 Å². The number of carboxylic acids is 1. The van der Waals surface area contributed by atoms with E-state index < -0.39 is 5.97 Å². The van der Waals surface area contributed by atoms with Crippen molar-refractivity contribution in [2.24, 2.45) is 0 Å². The first-order chi connectivity index (χ1) is 15.0. The summed E-state index contributed by atoms with van der Waals surface area (Å²) in [5.74, 6) is -0.596. The predicted molar refractivity (Wildman–Crippen MR) is 124 cm³/mol. The van der Waals surface area contributed by atoms with Crippen molar-refractivity contribution >= 4 is 44.7 Å². The molecule has 3 N–H and O–H groups in total. The molecular formula is C22H14BrN5O2S. The molecule has 7 nitrogen and oxygen atoms in total. The zero-order chi connectivity index (χ0) is 21.5. The number of anilines is 1. The van der Waals surface area contributed by atoms with E-state index in [1.54, 1.807) is 29.0 Å². The molecule has 0 saturated heterocycles. The van der Waals surface area contributed by atoms with E-state index in [0.29, 0.717) is 26.5 Å². The molecule has 0 amide bonds. The van der Waals surface area contributed by atoms with E-state index in [4.69, 9.17) is 10.7 Å². The number of aromatic nitrogens is 4. The van der Waals surface area contributed by atoms with E-state index in [2.05, 4.69) is 26.0 Å². The minimum absolute atomic E-state index is 0.233. The molecule has 0 saturated carbocycles. The summed E-state index contributed by atoms with van der Waals surface area (Å²) in [6.07, 6.45) is 3.48. The number of pyridine rings is 1. The van der Waals surface area contributed by atoms with Crippen LogP contribution in [0.15, 0.2) is 71.5 Å². The molecule has 0 aliphatic rings. The summed E-state index contributed by atoms with van der Waals surface area (Å²) in [4.78, 5) is 21.5. The highest BCUT2D eigenvalue weighted by atomic mass is 79.9. The fourth-order valence-electron chi connectivity index (χ4n) is 3.27. The quantitative estimate of drug-likeness (QED) is 0.356. The summed E-state index contributed by atoms with van der Waals surface area (Å²) in [6, 6.07) is 17.1. The summed E-state index contributed by atoms with van der Waals surface area (Å²) in [5.41, 5.74) is 11.0. The van der Waals surface area contributed by atoms with Gasteiger partial charge in [0.2, 0.25) is 0 Å². The van der Waals surface area contributed by atoms with E-state index in [0.717, 1.165) is 33.7 Å². The lowest BCUT2D eigenvalue weighted by molar-refractivity contribution is 0.0702. The first-order valence-corrected chi connectivity index (χ1v) is 10.8. The van der Waals surface area contributed by atoms with Crippen molar-refractivity contribution in [3.8, 4) is 33.0 Å². The molecule has 0 fully saturated rings. The molecule has 0 aliphatic heterocycles. The van der Waals surface area contributed by atoms with Crippen molar-refractivity contribution < 1.29 is 9.90 Å². The van der Waals surface area contributed by atoms with Gasteiger partial charge in [-0.15, -0.1) is 11.3 Å². The first kappa shape index (κ1) is 19.4. The highest BCUT2D eigenvalue weighted by molar-refractivity contribution is 9.10. The summed E-state index contributed by atoms with van der Waals surface area (Å²) < 4.78 is 2.12. The van der Waals surface area contributed by atoms with Gasteiger partial charge in [0, 0.05) is 22.9 Å². The fraction of sp³-hybridized carbons (Fsp3) is 0. The highest BCUT2D eigenvalue weighted by Gasteiger charge is 2.19. The van der Waals surface area contributed by atoms with Gasteiger partial charge < -0.3 is 10.8 Å². The molecule has 1 aromatic carbocycles. The Morgan fingerprint density at radius 3 is 2.52 bits per heavy atom. The standard InChI is InChI=1S/C22H14BrN5O2S/c23-18-19(16-8-9-17(31-16)22(29)30)27-21-14(11-26-28(21)20(18)24)13-6-7-15(25-10-13)12-4-2-1-3-5-12/h1-11H,24H2,(H,29,30). The van der Waals surface area contributed by atoms with Crippen molar-refractivity contribution in [1.29, 1.82) is 0 Å². The number of hydrogen-bond donors (Lipinski definition) is 2. The zero-order valence-corrected chi connectivity index (χ0v) is 18.3. The van der Waals surface area contributed by atoms with Crippen LogP contribution in [0.3, 0.4) is 0 Å². The van der Waals surface area contributed by atoms with Gasteiger partial charge in [0.25, 0.3) is 0 Å². The number of carbonyl (C=O) groups is 1. The number of rotatable bonds is 4. The van der Waals surface area contributed by atoms with Gasteiger partial charge in [-0.2, -0.15) is 9.61 Å². The predicted octanol–water partition coefficient (Wildman–Crippen LogP) is 5.23. The molecule has 5 aromatic rings. The molecule has 5 rings (SSSR count). The average Bonchev–Trinajstić information content (AvgIpc) is 3.45. The fourth-order valence-corrected chi connectivity index (χ4v) is 4.72. The number of nitrogen functional groups attached to an aromatic ring is 1. The van der Waals surface area contributed by atoms with Crippen LogP contribution in [0.4, 0.5) is 5.82 Å². The molecule has 0 spiro atoms. The Bertz CT molecular complexity index is 1430. The smallest absolute Gasteiger partial charge is 0.345 e. The minimum Gasteiger partial charge on any atom is -0.477 e. The molecule has 4 heterocycles. The van der Waals surface area contributed by atoms with E-state index in [-0.39, 0.29) is 4.88 Å².